The number of hydrogen-bond donors (Lipinski definition) is 2. The highest BCUT2D eigenvalue weighted by Gasteiger charge is 2.10. The van der Waals surface area contributed by atoms with Crippen LogP contribution in [0.15, 0.2) is 24.4 Å². The molecule has 0 atom stereocenters. The second kappa shape index (κ2) is 6.43. The number of carbonyl (C=O) groups is 1. The SMILES string of the molecule is CCNc1ccc(C(=O)NCc2cn(C)nc2C)c(C)c1. The van der Waals surface area contributed by atoms with Crippen LogP contribution in [0.5, 0.6) is 0 Å². The van der Waals surface area contributed by atoms with Crippen molar-refractivity contribution in [1.82, 2.24) is 15.1 Å². The lowest BCUT2D eigenvalue weighted by Crippen LogP contribution is -2.23. The predicted molar refractivity (Wildman–Crippen MR) is 84.5 cm³/mol. The Morgan fingerprint density at radius 3 is 2.67 bits per heavy atom. The maximum absolute atomic E-state index is 12.3. The maximum atomic E-state index is 12.3. The van der Waals surface area contributed by atoms with Crippen LogP contribution in [0, 0.1) is 13.8 Å². The monoisotopic (exact) mass is 286 g/mol. The molecule has 0 spiro atoms. The van der Waals surface area contributed by atoms with Crippen molar-refractivity contribution in [3.05, 3.63) is 46.8 Å². The van der Waals surface area contributed by atoms with Crippen LogP contribution >= 0.6 is 0 Å². The molecule has 2 N–H and O–H groups in total. The fraction of sp³-hybridized carbons (Fsp3) is 0.375. The van der Waals surface area contributed by atoms with Crippen molar-refractivity contribution in [3.63, 3.8) is 0 Å². The lowest BCUT2D eigenvalue weighted by atomic mass is 10.1. The van der Waals surface area contributed by atoms with Gasteiger partial charge in [-0.3, -0.25) is 9.48 Å². The third-order valence-corrected chi connectivity index (χ3v) is 3.41. The van der Waals surface area contributed by atoms with E-state index in [9.17, 15) is 4.79 Å². The molecule has 2 rings (SSSR count). The van der Waals surface area contributed by atoms with Crippen molar-refractivity contribution >= 4 is 11.6 Å². The van der Waals surface area contributed by atoms with E-state index in [1.807, 2.05) is 52.2 Å². The Morgan fingerprint density at radius 2 is 2.10 bits per heavy atom. The number of hydrogen-bond acceptors (Lipinski definition) is 3. The van der Waals surface area contributed by atoms with Crippen molar-refractivity contribution in [2.75, 3.05) is 11.9 Å². The first-order chi connectivity index (χ1) is 10.0. The van der Waals surface area contributed by atoms with Gasteiger partial charge in [-0.15, -0.1) is 0 Å². The average Bonchev–Trinajstić information content (AvgIpc) is 2.75. The number of nitrogens with one attached hydrogen (secondary N) is 2. The van der Waals surface area contributed by atoms with Crippen LogP contribution in [0.2, 0.25) is 0 Å². The maximum Gasteiger partial charge on any atom is 0.251 e. The Hall–Kier alpha value is -2.30. The van der Waals surface area contributed by atoms with Gasteiger partial charge in [0.15, 0.2) is 0 Å². The highest BCUT2D eigenvalue weighted by molar-refractivity contribution is 5.96. The van der Waals surface area contributed by atoms with Crippen molar-refractivity contribution in [2.45, 2.75) is 27.3 Å². The first-order valence-electron chi connectivity index (χ1n) is 7.13. The molecule has 0 radical (unpaired) electrons. The summed E-state index contributed by atoms with van der Waals surface area (Å²) in [5.74, 6) is -0.0567. The molecule has 0 saturated heterocycles. The van der Waals surface area contributed by atoms with Crippen LogP contribution in [0.3, 0.4) is 0 Å². The normalized spacial score (nSPS) is 10.5. The summed E-state index contributed by atoms with van der Waals surface area (Å²) in [6, 6.07) is 5.78. The molecular weight excluding hydrogens is 264 g/mol. The van der Waals surface area contributed by atoms with Gasteiger partial charge in [-0.1, -0.05) is 0 Å². The first-order valence-corrected chi connectivity index (χ1v) is 7.13. The van der Waals surface area contributed by atoms with E-state index in [-0.39, 0.29) is 5.91 Å². The largest absolute Gasteiger partial charge is 0.385 e. The lowest BCUT2D eigenvalue weighted by molar-refractivity contribution is 0.0950. The van der Waals surface area contributed by atoms with Gasteiger partial charge in [0.2, 0.25) is 0 Å². The number of aryl methyl sites for hydroxylation is 3. The van der Waals surface area contributed by atoms with Gasteiger partial charge >= 0.3 is 0 Å². The summed E-state index contributed by atoms with van der Waals surface area (Å²) in [6.07, 6.45) is 1.93. The Bertz CT molecular complexity index is 646. The zero-order valence-electron chi connectivity index (χ0n) is 13.0. The minimum atomic E-state index is -0.0567. The Kier molecular flexibility index (Phi) is 4.62. The molecule has 0 aliphatic carbocycles. The predicted octanol–water partition coefficient (Wildman–Crippen LogP) is 2.40. The molecule has 0 fully saturated rings. The van der Waals surface area contributed by atoms with Gasteiger partial charge in [0, 0.05) is 43.1 Å². The first kappa shape index (κ1) is 15.1. The van der Waals surface area contributed by atoms with Gasteiger partial charge in [0.05, 0.1) is 5.69 Å². The number of aromatic nitrogens is 2. The Morgan fingerprint density at radius 1 is 1.33 bits per heavy atom. The molecular formula is C16H22N4O. The van der Waals surface area contributed by atoms with E-state index in [4.69, 9.17) is 0 Å². The summed E-state index contributed by atoms with van der Waals surface area (Å²) < 4.78 is 1.76. The lowest BCUT2D eigenvalue weighted by Gasteiger charge is -2.10. The minimum Gasteiger partial charge on any atom is -0.385 e. The molecule has 1 amide bonds. The van der Waals surface area contributed by atoms with Crippen LogP contribution in [-0.4, -0.2) is 22.2 Å². The van der Waals surface area contributed by atoms with E-state index >= 15 is 0 Å². The van der Waals surface area contributed by atoms with E-state index in [1.54, 1.807) is 4.68 Å². The number of rotatable bonds is 5. The van der Waals surface area contributed by atoms with Crippen molar-refractivity contribution in [1.29, 1.82) is 0 Å². The summed E-state index contributed by atoms with van der Waals surface area (Å²) in [7, 11) is 1.88. The average molecular weight is 286 g/mol. The van der Waals surface area contributed by atoms with Gasteiger partial charge in [-0.2, -0.15) is 5.10 Å². The molecule has 0 saturated carbocycles. The van der Waals surface area contributed by atoms with E-state index < -0.39 is 0 Å². The van der Waals surface area contributed by atoms with Gasteiger partial charge < -0.3 is 10.6 Å². The fourth-order valence-electron chi connectivity index (χ4n) is 2.33. The fourth-order valence-corrected chi connectivity index (χ4v) is 2.33. The van der Waals surface area contributed by atoms with Crippen LogP contribution < -0.4 is 10.6 Å². The van der Waals surface area contributed by atoms with Crippen molar-refractivity contribution in [2.24, 2.45) is 7.05 Å². The van der Waals surface area contributed by atoms with Crippen molar-refractivity contribution in [3.8, 4) is 0 Å². The van der Waals surface area contributed by atoms with Crippen LogP contribution in [0.1, 0.15) is 34.1 Å². The summed E-state index contributed by atoms with van der Waals surface area (Å²) in [5.41, 5.74) is 4.69. The topological polar surface area (TPSA) is 59.0 Å². The van der Waals surface area contributed by atoms with Gasteiger partial charge in [-0.05, 0) is 44.5 Å². The number of amides is 1. The zero-order chi connectivity index (χ0) is 15.4. The number of benzene rings is 1. The van der Waals surface area contributed by atoms with E-state index in [1.165, 1.54) is 0 Å². The molecule has 1 aromatic heterocycles. The summed E-state index contributed by atoms with van der Waals surface area (Å²) >= 11 is 0. The molecule has 5 heteroatoms. The van der Waals surface area contributed by atoms with Crippen LogP contribution in [-0.2, 0) is 13.6 Å². The Balaban J connectivity index is 2.05. The van der Waals surface area contributed by atoms with Crippen LogP contribution in [0.25, 0.3) is 0 Å². The molecule has 1 heterocycles. The van der Waals surface area contributed by atoms with Gasteiger partial charge in [-0.25, -0.2) is 0 Å². The van der Waals surface area contributed by atoms with Gasteiger partial charge in [0.1, 0.15) is 0 Å². The molecule has 21 heavy (non-hydrogen) atoms. The Labute approximate surface area is 125 Å². The molecule has 2 aromatic rings. The van der Waals surface area contributed by atoms with Crippen LogP contribution in [0.4, 0.5) is 5.69 Å². The zero-order valence-corrected chi connectivity index (χ0v) is 13.0. The van der Waals surface area contributed by atoms with Gasteiger partial charge in [0.25, 0.3) is 5.91 Å². The summed E-state index contributed by atoms with van der Waals surface area (Å²) in [4.78, 5) is 12.3. The third-order valence-electron chi connectivity index (χ3n) is 3.41. The molecule has 0 unspecified atom stereocenters. The summed E-state index contributed by atoms with van der Waals surface area (Å²) in [5, 5.41) is 10.5. The molecule has 5 nitrogen and oxygen atoms in total. The smallest absolute Gasteiger partial charge is 0.251 e. The number of carbonyl (C=O) groups excluding carboxylic acids is 1. The highest BCUT2D eigenvalue weighted by Crippen LogP contribution is 2.15. The number of anilines is 1. The summed E-state index contributed by atoms with van der Waals surface area (Å²) in [6.45, 7) is 7.30. The third kappa shape index (κ3) is 3.62. The standard InChI is InChI=1S/C16H22N4O/c1-5-17-14-6-7-15(11(2)8-14)16(21)18-9-13-10-20(4)19-12(13)3/h6-8,10,17H,5,9H2,1-4H3,(H,18,21). The molecule has 0 aliphatic heterocycles. The number of nitrogens with zero attached hydrogens (tertiary/aromatic N) is 2. The van der Waals surface area contributed by atoms with Crippen molar-refractivity contribution < 1.29 is 4.79 Å². The second-order valence-corrected chi connectivity index (χ2v) is 5.16. The quantitative estimate of drug-likeness (QED) is 0.887. The van der Waals surface area contributed by atoms with E-state index in [2.05, 4.69) is 15.7 Å². The highest BCUT2D eigenvalue weighted by atomic mass is 16.1. The molecule has 0 aliphatic rings. The van der Waals surface area contributed by atoms with E-state index in [0.717, 1.165) is 29.1 Å². The molecule has 1 aromatic carbocycles. The molecule has 112 valence electrons. The second-order valence-electron chi connectivity index (χ2n) is 5.16. The minimum absolute atomic E-state index is 0.0567. The molecule has 0 bridgehead atoms. The van der Waals surface area contributed by atoms with E-state index in [0.29, 0.717) is 12.1 Å².